The maximum atomic E-state index is 11.0. The van der Waals surface area contributed by atoms with Crippen LogP contribution >= 0.6 is 11.6 Å². The van der Waals surface area contributed by atoms with Crippen molar-refractivity contribution in [2.45, 2.75) is 6.92 Å². The van der Waals surface area contributed by atoms with Gasteiger partial charge in [-0.1, -0.05) is 17.7 Å². The van der Waals surface area contributed by atoms with Crippen molar-refractivity contribution in [3.8, 4) is 0 Å². The summed E-state index contributed by atoms with van der Waals surface area (Å²) in [4.78, 5) is 15.6. The second kappa shape index (κ2) is 9.26. The average Bonchev–Trinajstić information content (AvgIpc) is 2.67. The molecule has 7 heteroatoms. The van der Waals surface area contributed by atoms with Crippen molar-refractivity contribution >= 4 is 35.0 Å². The number of benzene rings is 1. The highest BCUT2D eigenvalue weighted by Crippen LogP contribution is 2.36. The lowest BCUT2D eigenvalue weighted by Crippen LogP contribution is -2.38. The first-order valence-corrected chi connectivity index (χ1v) is 9.32. The summed E-state index contributed by atoms with van der Waals surface area (Å²) in [7, 11) is 0. The molecule has 2 fully saturated rings. The van der Waals surface area contributed by atoms with Crippen LogP contribution in [0.5, 0.6) is 0 Å². The Kier molecular flexibility index (Phi) is 6.77. The monoisotopic (exact) mass is 380 g/mol. The van der Waals surface area contributed by atoms with Crippen LogP contribution in [0.15, 0.2) is 18.2 Å². The van der Waals surface area contributed by atoms with E-state index in [0.717, 1.165) is 43.1 Å². The number of anilines is 2. The van der Waals surface area contributed by atoms with E-state index in [0.29, 0.717) is 31.5 Å². The maximum absolute atomic E-state index is 11.0. The second-order valence-corrected chi connectivity index (χ2v) is 6.70. The van der Waals surface area contributed by atoms with Crippen LogP contribution in [0.1, 0.15) is 12.5 Å². The molecule has 0 aromatic heterocycles. The van der Waals surface area contributed by atoms with Gasteiger partial charge in [0.1, 0.15) is 6.61 Å². The third-order valence-corrected chi connectivity index (χ3v) is 4.69. The highest BCUT2D eigenvalue weighted by molar-refractivity contribution is 6.31. The minimum atomic E-state index is -0.285. The smallest absolute Gasteiger partial charge is 0.302 e. The van der Waals surface area contributed by atoms with Gasteiger partial charge >= 0.3 is 5.97 Å². The van der Waals surface area contributed by atoms with Crippen molar-refractivity contribution in [3.05, 3.63) is 28.8 Å². The van der Waals surface area contributed by atoms with Crippen LogP contribution in [0.4, 0.5) is 11.4 Å². The van der Waals surface area contributed by atoms with Crippen LogP contribution in [0.2, 0.25) is 5.02 Å². The zero-order chi connectivity index (χ0) is 18.4. The highest BCUT2D eigenvalue weighted by atomic mass is 35.5. The van der Waals surface area contributed by atoms with E-state index in [1.165, 1.54) is 6.92 Å². The Balaban J connectivity index is 1.94. The molecule has 0 aliphatic carbocycles. The molecule has 0 spiro atoms. The molecule has 2 heterocycles. The molecule has 0 amide bonds. The molecule has 3 rings (SSSR count). The minimum absolute atomic E-state index is 0.253. The normalized spacial score (nSPS) is 18.4. The Morgan fingerprint density at radius 2 is 1.58 bits per heavy atom. The molecule has 0 unspecified atom stereocenters. The van der Waals surface area contributed by atoms with Crippen molar-refractivity contribution in [2.24, 2.45) is 0 Å². The Labute approximate surface area is 159 Å². The number of carbonyl (C=O) groups is 1. The van der Waals surface area contributed by atoms with Gasteiger partial charge in [-0.25, -0.2) is 0 Å². The van der Waals surface area contributed by atoms with Crippen molar-refractivity contribution in [1.29, 1.82) is 0 Å². The molecular weight excluding hydrogens is 356 g/mol. The molecule has 2 aliphatic rings. The Bertz CT molecular complexity index is 614. The standard InChI is InChI=1S/C19H25ClN2O4/c1-15(23)26-8-2-3-17-18(21-4-9-24-10-5-21)13-16(20)14-19(17)22-6-11-25-12-7-22/h2-3,13-14H,4-12H2,1H3/b3-2+. The summed E-state index contributed by atoms with van der Waals surface area (Å²) in [6.45, 7) is 7.79. The summed E-state index contributed by atoms with van der Waals surface area (Å²) in [5.74, 6) is -0.285. The summed E-state index contributed by atoms with van der Waals surface area (Å²) >= 11 is 6.45. The number of nitrogens with zero attached hydrogens (tertiary/aromatic N) is 2. The third kappa shape index (κ3) is 4.90. The molecule has 1 aromatic rings. The van der Waals surface area contributed by atoms with Crippen molar-refractivity contribution in [1.82, 2.24) is 0 Å². The summed E-state index contributed by atoms with van der Waals surface area (Å²) < 4.78 is 16.0. The largest absolute Gasteiger partial charge is 0.462 e. The van der Waals surface area contributed by atoms with E-state index in [1.807, 2.05) is 24.3 Å². The lowest BCUT2D eigenvalue weighted by molar-refractivity contribution is -0.139. The Morgan fingerprint density at radius 1 is 1.08 bits per heavy atom. The average molecular weight is 381 g/mol. The number of ether oxygens (including phenoxy) is 3. The van der Waals surface area contributed by atoms with E-state index in [4.69, 9.17) is 25.8 Å². The fraction of sp³-hybridized carbons (Fsp3) is 0.526. The van der Waals surface area contributed by atoms with E-state index >= 15 is 0 Å². The number of hydrogen-bond donors (Lipinski definition) is 0. The molecule has 0 atom stereocenters. The fourth-order valence-electron chi connectivity index (χ4n) is 3.22. The van der Waals surface area contributed by atoms with E-state index in [1.54, 1.807) is 0 Å². The lowest BCUT2D eigenvalue weighted by Gasteiger charge is -2.35. The number of halogens is 1. The minimum Gasteiger partial charge on any atom is -0.462 e. The van der Waals surface area contributed by atoms with Gasteiger partial charge in [0.05, 0.1) is 26.4 Å². The molecule has 2 aliphatic heterocycles. The molecule has 2 saturated heterocycles. The van der Waals surface area contributed by atoms with Crippen LogP contribution in [0.25, 0.3) is 6.08 Å². The molecule has 1 aromatic carbocycles. The summed E-state index contributed by atoms with van der Waals surface area (Å²) in [6.07, 6.45) is 3.90. The first-order valence-electron chi connectivity index (χ1n) is 8.94. The molecule has 0 N–H and O–H groups in total. The van der Waals surface area contributed by atoms with Crippen LogP contribution in [0.3, 0.4) is 0 Å². The van der Waals surface area contributed by atoms with E-state index in [-0.39, 0.29) is 12.6 Å². The van der Waals surface area contributed by atoms with Gasteiger partial charge in [-0.15, -0.1) is 0 Å². The number of hydrogen-bond acceptors (Lipinski definition) is 6. The number of morpholine rings is 2. The maximum Gasteiger partial charge on any atom is 0.302 e. The van der Waals surface area contributed by atoms with Crippen molar-refractivity contribution in [2.75, 3.05) is 69.0 Å². The summed E-state index contributed by atoms with van der Waals surface area (Å²) in [5, 5.41) is 0.713. The number of carbonyl (C=O) groups excluding carboxylic acids is 1. The van der Waals surface area contributed by atoms with Gasteiger partial charge in [-0.2, -0.15) is 0 Å². The molecule has 6 nitrogen and oxygen atoms in total. The second-order valence-electron chi connectivity index (χ2n) is 6.26. The summed E-state index contributed by atoms with van der Waals surface area (Å²) in [6, 6.07) is 4.00. The van der Waals surface area contributed by atoms with Crippen LogP contribution in [-0.2, 0) is 19.0 Å². The molecule has 26 heavy (non-hydrogen) atoms. The summed E-state index contributed by atoms with van der Waals surface area (Å²) in [5.41, 5.74) is 3.26. The predicted octanol–water partition coefficient (Wildman–Crippen LogP) is 2.59. The Hall–Kier alpha value is -1.76. The number of esters is 1. The first-order chi connectivity index (χ1) is 12.6. The third-order valence-electron chi connectivity index (χ3n) is 4.47. The van der Waals surface area contributed by atoms with Gasteiger partial charge in [-0.3, -0.25) is 4.79 Å². The lowest BCUT2D eigenvalue weighted by atomic mass is 10.1. The molecule has 0 bridgehead atoms. The highest BCUT2D eigenvalue weighted by Gasteiger charge is 2.21. The van der Waals surface area contributed by atoms with Crippen LogP contribution in [-0.4, -0.2) is 65.2 Å². The van der Waals surface area contributed by atoms with Gasteiger partial charge in [0.25, 0.3) is 0 Å². The van der Waals surface area contributed by atoms with E-state index < -0.39 is 0 Å². The van der Waals surface area contributed by atoms with Crippen LogP contribution < -0.4 is 9.80 Å². The molecule has 0 saturated carbocycles. The SMILES string of the molecule is CC(=O)OC/C=C/c1c(N2CCOCC2)cc(Cl)cc1N1CCOCC1. The van der Waals surface area contributed by atoms with Gasteiger partial charge in [0.2, 0.25) is 0 Å². The first kappa shape index (κ1) is 19.0. The zero-order valence-corrected chi connectivity index (χ0v) is 15.8. The predicted molar refractivity (Wildman–Crippen MR) is 103 cm³/mol. The van der Waals surface area contributed by atoms with E-state index in [9.17, 15) is 4.79 Å². The van der Waals surface area contributed by atoms with Crippen LogP contribution in [0, 0.1) is 0 Å². The fourth-order valence-corrected chi connectivity index (χ4v) is 3.43. The molecule has 142 valence electrons. The van der Waals surface area contributed by atoms with Crippen molar-refractivity contribution < 1.29 is 19.0 Å². The number of rotatable bonds is 5. The Morgan fingerprint density at radius 3 is 2.04 bits per heavy atom. The topological polar surface area (TPSA) is 51.2 Å². The van der Waals surface area contributed by atoms with Gasteiger partial charge in [0, 0.05) is 55.1 Å². The van der Waals surface area contributed by atoms with Gasteiger partial charge in [-0.05, 0) is 18.2 Å². The molecule has 0 radical (unpaired) electrons. The van der Waals surface area contributed by atoms with Gasteiger partial charge in [0.15, 0.2) is 0 Å². The van der Waals surface area contributed by atoms with Crippen molar-refractivity contribution in [3.63, 3.8) is 0 Å². The molecular formula is C19H25ClN2O4. The quantitative estimate of drug-likeness (QED) is 0.732. The zero-order valence-electron chi connectivity index (χ0n) is 15.1. The van der Waals surface area contributed by atoms with Gasteiger partial charge < -0.3 is 24.0 Å². The van der Waals surface area contributed by atoms with E-state index in [2.05, 4.69) is 9.80 Å².